The molecular formula is C9H3N2O7-. The normalized spacial score (nSPS) is 10.4. The predicted molar refractivity (Wildman–Crippen MR) is 55.2 cm³/mol. The van der Waals surface area contributed by atoms with Crippen LogP contribution in [0.25, 0.3) is 11.0 Å². The van der Waals surface area contributed by atoms with Gasteiger partial charge in [-0.15, -0.1) is 0 Å². The van der Waals surface area contributed by atoms with E-state index < -0.39 is 32.6 Å². The van der Waals surface area contributed by atoms with Crippen LogP contribution >= 0.6 is 0 Å². The van der Waals surface area contributed by atoms with Crippen LogP contribution in [0.4, 0.5) is 11.4 Å². The lowest BCUT2D eigenvalue weighted by molar-refractivity contribution is -0.400. The molecule has 1 aromatic heterocycles. The molecule has 9 nitrogen and oxygen atoms in total. The van der Waals surface area contributed by atoms with Crippen molar-refractivity contribution in [3.63, 3.8) is 0 Å². The van der Waals surface area contributed by atoms with E-state index in [4.69, 9.17) is 0 Å². The number of benzene rings is 1. The Morgan fingerprint density at radius 3 is 2.33 bits per heavy atom. The molecule has 2 aromatic rings. The molecule has 0 atom stereocenters. The van der Waals surface area contributed by atoms with Gasteiger partial charge in [-0.05, 0) is 11.8 Å². The first-order valence-corrected chi connectivity index (χ1v) is 4.48. The second kappa shape index (κ2) is 3.80. The van der Waals surface area contributed by atoms with Crippen LogP contribution in [-0.4, -0.2) is 9.85 Å². The number of non-ortho nitro benzene ring substituents is 1. The fourth-order valence-electron chi connectivity index (χ4n) is 1.42. The highest BCUT2D eigenvalue weighted by Gasteiger charge is 2.19. The highest BCUT2D eigenvalue weighted by atomic mass is 16.6. The fourth-order valence-corrected chi connectivity index (χ4v) is 1.42. The van der Waals surface area contributed by atoms with Crippen molar-refractivity contribution in [1.82, 2.24) is 0 Å². The van der Waals surface area contributed by atoms with E-state index in [1.54, 1.807) is 0 Å². The molecule has 0 saturated carbocycles. The summed E-state index contributed by atoms with van der Waals surface area (Å²) in [6, 6.07) is 2.89. The van der Waals surface area contributed by atoms with Crippen molar-refractivity contribution in [2.24, 2.45) is 0 Å². The molecule has 92 valence electrons. The van der Waals surface area contributed by atoms with Crippen molar-refractivity contribution in [2.45, 2.75) is 0 Å². The standard InChI is InChI=1S/C9H4N2O7/c12-8-5-3-4(10(14)15)1-2-6(5)18-9(13)7(8)11(16)17/h1-3,12H/p-1. The number of hydrogen-bond acceptors (Lipinski definition) is 7. The quantitative estimate of drug-likeness (QED) is 0.434. The first kappa shape index (κ1) is 11.5. The van der Waals surface area contributed by atoms with Gasteiger partial charge < -0.3 is 9.52 Å². The Hall–Kier alpha value is -2.97. The maximum Gasteiger partial charge on any atom is 0.414 e. The van der Waals surface area contributed by atoms with Crippen LogP contribution in [-0.2, 0) is 0 Å². The third-order valence-corrected chi connectivity index (χ3v) is 2.21. The molecule has 0 radical (unpaired) electrons. The van der Waals surface area contributed by atoms with E-state index in [9.17, 15) is 30.1 Å². The number of fused-ring (bicyclic) bond motifs is 1. The lowest BCUT2D eigenvalue weighted by Crippen LogP contribution is -2.11. The zero-order valence-corrected chi connectivity index (χ0v) is 8.48. The van der Waals surface area contributed by atoms with E-state index in [0.717, 1.165) is 18.2 Å². The third kappa shape index (κ3) is 1.63. The van der Waals surface area contributed by atoms with Crippen LogP contribution in [0, 0.1) is 20.2 Å². The van der Waals surface area contributed by atoms with Crippen molar-refractivity contribution in [1.29, 1.82) is 0 Å². The molecule has 0 aliphatic heterocycles. The number of rotatable bonds is 2. The van der Waals surface area contributed by atoms with Crippen LogP contribution in [0.3, 0.4) is 0 Å². The number of hydrogen-bond donors (Lipinski definition) is 0. The molecule has 2 rings (SSSR count). The molecule has 0 bridgehead atoms. The van der Waals surface area contributed by atoms with Crippen molar-refractivity contribution >= 4 is 22.3 Å². The van der Waals surface area contributed by atoms with Crippen LogP contribution < -0.4 is 10.7 Å². The Bertz CT molecular complexity index is 734. The lowest BCUT2D eigenvalue weighted by Gasteiger charge is -2.08. The molecule has 0 fully saturated rings. The summed E-state index contributed by atoms with van der Waals surface area (Å²) in [5, 5.41) is 32.3. The number of nitrogens with zero attached hydrogens (tertiary/aromatic N) is 2. The molecule has 0 aliphatic rings. The summed E-state index contributed by atoms with van der Waals surface area (Å²) in [6.45, 7) is 0. The van der Waals surface area contributed by atoms with Gasteiger partial charge in [0.05, 0.1) is 9.85 Å². The van der Waals surface area contributed by atoms with Crippen molar-refractivity contribution in [3.05, 3.63) is 48.8 Å². The Morgan fingerprint density at radius 1 is 1.11 bits per heavy atom. The molecule has 9 heteroatoms. The Balaban J connectivity index is 2.90. The van der Waals surface area contributed by atoms with Gasteiger partial charge in [0.15, 0.2) is 0 Å². The summed E-state index contributed by atoms with van der Waals surface area (Å²) in [5.41, 5.74) is -3.31. The molecule has 0 N–H and O–H groups in total. The van der Waals surface area contributed by atoms with E-state index in [0.29, 0.717) is 0 Å². The molecule has 0 unspecified atom stereocenters. The van der Waals surface area contributed by atoms with Gasteiger partial charge in [0.2, 0.25) is 0 Å². The van der Waals surface area contributed by atoms with E-state index >= 15 is 0 Å². The van der Waals surface area contributed by atoms with E-state index in [1.165, 1.54) is 0 Å². The van der Waals surface area contributed by atoms with Gasteiger partial charge in [0.25, 0.3) is 5.69 Å². The highest BCUT2D eigenvalue weighted by molar-refractivity contribution is 5.87. The van der Waals surface area contributed by atoms with Gasteiger partial charge in [0.1, 0.15) is 5.58 Å². The van der Waals surface area contributed by atoms with Gasteiger partial charge in [-0.3, -0.25) is 20.2 Å². The summed E-state index contributed by atoms with van der Waals surface area (Å²) in [5.74, 6) is -1.20. The molecule has 18 heavy (non-hydrogen) atoms. The van der Waals surface area contributed by atoms with Gasteiger partial charge in [0, 0.05) is 17.5 Å². The molecular weight excluding hydrogens is 248 g/mol. The minimum absolute atomic E-state index is 0.235. The Kier molecular flexibility index (Phi) is 2.43. The average molecular weight is 251 g/mol. The minimum atomic E-state index is -1.38. The van der Waals surface area contributed by atoms with Gasteiger partial charge in [-0.25, -0.2) is 4.79 Å². The third-order valence-electron chi connectivity index (χ3n) is 2.21. The first-order chi connectivity index (χ1) is 8.41. The van der Waals surface area contributed by atoms with Crippen LogP contribution in [0.15, 0.2) is 27.4 Å². The summed E-state index contributed by atoms with van der Waals surface area (Å²) in [4.78, 5) is 30.3. The SMILES string of the molecule is O=c1oc2ccc([N+](=O)[O-])cc2c([O-])c1[N+](=O)[O-]. The second-order valence-corrected chi connectivity index (χ2v) is 3.26. The Labute approximate surface area is 97.2 Å². The topological polar surface area (TPSA) is 140 Å². The molecule has 0 aliphatic carbocycles. The molecule has 1 aromatic carbocycles. The fraction of sp³-hybridized carbons (Fsp3) is 0. The zero-order chi connectivity index (χ0) is 13.4. The molecule has 1 heterocycles. The van der Waals surface area contributed by atoms with E-state index in [2.05, 4.69) is 4.42 Å². The molecule has 0 spiro atoms. The molecule has 0 saturated heterocycles. The molecule has 0 amide bonds. The van der Waals surface area contributed by atoms with Crippen molar-refractivity contribution < 1.29 is 19.4 Å². The van der Waals surface area contributed by atoms with E-state index in [1.807, 2.05) is 0 Å². The largest absolute Gasteiger partial charge is 0.867 e. The zero-order valence-electron chi connectivity index (χ0n) is 8.48. The number of nitro groups is 2. The summed E-state index contributed by atoms with van der Waals surface area (Å²) in [7, 11) is 0. The Morgan fingerprint density at radius 2 is 1.78 bits per heavy atom. The van der Waals surface area contributed by atoms with Crippen molar-refractivity contribution in [3.8, 4) is 5.75 Å². The van der Waals surface area contributed by atoms with Crippen LogP contribution in [0.1, 0.15) is 0 Å². The highest BCUT2D eigenvalue weighted by Crippen LogP contribution is 2.30. The van der Waals surface area contributed by atoms with Gasteiger partial charge in [-0.2, -0.15) is 0 Å². The van der Waals surface area contributed by atoms with Crippen LogP contribution in [0.2, 0.25) is 0 Å². The monoisotopic (exact) mass is 251 g/mol. The van der Waals surface area contributed by atoms with Gasteiger partial charge >= 0.3 is 11.3 Å². The summed E-state index contributed by atoms with van der Waals surface area (Å²) >= 11 is 0. The maximum absolute atomic E-state index is 11.6. The smallest absolute Gasteiger partial charge is 0.414 e. The van der Waals surface area contributed by atoms with E-state index in [-0.39, 0.29) is 11.0 Å². The van der Waals surface area contributed by atoms with Crippen LogP contribution in [0.5, 0.6) is 5.75 Å². The first-order valence-electron chi connectivity index (χ1n) is 4.48. The summed E-state index contributed by atoms with van der Waals surface area (Å²) in [6.07, 6.45) is 0. The maximum atomic E-state index is 11.6. The number of nitro benzene ring substituents is 1. The van der Waals surface area contributed by atoms with Gasteiger partial charge in [-0.1, -0.05) is 0 Å². The lowest BCUT2D eigenvalue weighted by atomic mass is 10.2. The average Bonchev–Trinajstić information content (AvgIpc) is 2.27. The summed E-state index contributed by atoms with van der Waals surface area (Å²) < 4.78 is 4.55. The predicted octanol–water partition coefficient (Wildman–Crippen LogP) is 0.683. The minimum Gasteiger partial charge on any atom is -0.867 e. The second-order valence-electron chi connectivity index (χ2n) is 3.26. The van der Waals surface area contributed by atoms with Crippen molar-refractivity contribution in [2.75, 3.05) is 0 Å².